The van der Waals surface area contributed by atoms with Crippen molar-refractivity contribution in [1.82, 2.24) is 20.4 Å². The van der Waals surface area contributed by atoms with Gasteiger partial charge in [-0.1, -0.05) is 0 Å². The maximum Gasteiger partial charge on any atom is 0.315 e. The van der Waals surface area contributed by atoms with Crippen LogP contribution >= 0.6 is 11.8 Å². The number of thioether (sulfide) groups is 1. The summed E-state index contributed by atoms with van der Waals surface area (Å²) in [5.74, 6) is 0. The van der Waals surface area contributed by atoms with Gasteiger partial charge < -0.3 is 10.6 Å². The van der Waals surface area contributed by atoms with E-state index in [0.29, 0.717) is 17.8 Å². The van der Waals surface area contributed by atoms with Crippen molar-refractivity contribution < 1.29 is 4.79 Å². The van der Waals surface area contributed by atoms with Gasteiger partial charge in [0.05, 0.1) is 5.69 Å². The van der Waals surface area contributed by atoms with Crippen LogP contribution in [0.1, 0.15) is 43.1 Å². The zero-order valence-corrected chi connectivity index (χ0v) is 14.2. The lowest BCUT2D eigenvalue weighted by Gasteiger charge is -2.14. The highest BCUT2D eigenvalue weighted by molar-refractivity contribution is 7.99. The fraction of sp³-hybridized carbons (Fsp3) is 0.733. The van der Waals surface area contributed by atoms with E-state index in [4.69, 9.17) is 0 Å². The molecule has 0 saturated heterocycles. The molecule has 5 nitrogen and oxygen atoms in total. The first-order valence-corrected chi connectivity index (χ1v) is 8.94. The van der Waals surface area contributed by atoms with E-state index in [1.807, 2.05) is 23.4 Å². The highest BCUT2D eigenvalue weighted by Gasteiger charge is 2.25. The van der Waals surface area contributed by atoms with Crippen molar-refractivity contribution in [2.24, 2.45) is 0 Å². The predicted molar refractivity (Wildman–Crippen MR) is 87.7 cm³/mol. The molecule has 0 unspecified atom stereocenters. The number of carbonyl (C=O) groups is 1. The molecule has 0 aromatic carbocycles. The van der Waals surface area contributed by atoms with Gasteiger partial charge in [0.15, 0.2) is 0 Å². The van der Waals surface area contributed by atoms with Crippen LogP contribution in [0.3, 0.4) is 0 Å². The maximum absolute atomic E-state index is 12.0. The Morgan fingerprint density at radius 1 is 1.43 bits per heavy atom. The van der Waals surface area contributed by atoms with E-state index in [0.717, 1.165) is 36.3 Å². The molecule has 2 rings (SSSR count). The molecule has 1 aromatic heterocycles. The monoisotopic (exact) mass is 310 g/mol. The van der Waals surface area contributed by atoms with Crippen LogP contribution in [0.5, 0.6) is 0 Å². The first-order valence-electron chi connectivity index (χ1n) is 7.65. The standard InChI is InChI=1S/C15H26N4OS/c1-5-19-11(3)14(10(2)18-19)9-16-15(20)17-12-6-7-13(8-12)21-4/h12-13H,5-9H2,1-4H3,(H2,16,17,20)/t12-,13-/m0/s1. The number of hydrogen-bond donors (Lipinski definition) is 2. The third kappa shape index (κ3) is 3.93. The van der Waals surface area contributed by atoms with Crippen molar-refractivity contribution in [2.45, 2.75) is 64.4 Å². The Hall–Kier alpha value is -1.17. The fourth-order valence-corrected chi connectivity index (χ4v) is 3.78. The minimum Gasteiger partial charge on any atom is -0.335 e. The Morgan fingerprint density at radius 3 is 2.76 bits per heavy atom. The van der Waals surface area contributed by atoms with Gasteiger partial charge in [-0.3, -0.25) is 4.68 Å². The van der Waals surface area contributed by atoms with E-state index in [-0.39, 0.29) is 6.03 Å². The van der Waals surface area contributed by atoms with Gasteiger partial charge in [-0.15, -0.1) is 0 Å². The van der Waals surface area contributed by atoms with E-state index >= 15 is 0 Å². The van der Waals surface area contributed by atoms with Crippen LogP contribution in [0, 0.1) is 13.8 Å². The number of aryl methyl sites for hydroxylation is 2. The molecule has 2 atom stereocenters. The number of nitrogens with one attached hydrogen (secondary N) is 2. The van der Waals surface area contributed by atoms with Gasteiger partial charge in [0.25, 0.3) is 0 Å². The van der Waals surface area contributed by atoms with Crippen molar-refractivity contribution in [3.8, 4) is 0 Å². The third-order valence-corrected chi connectivity index (χ3v) is 5.40. The van der Waals surface area contributed by atoms with Gasteiger partial charge in [-0.2, -0.15) is 16.9 Å². The van der Waals surface area contributed by atoms with E-state index in [1.165, 1.54) is 6.42 Å². The average molecular weight is 310 g/mol. The summed E-state index contributed by atoms with van der Waals surface area (Å²) < 4.78 is 1.98. The summed E-state index contributed by atoms with van der Waals surface area (Å²) in [5, 5.41) is 11.2. The molecule has 0 radical (unpaired) electrons. The van der Waals surface area contributed by atoms with Crippen molar-refractivity contribution in [3.05, 3.63) is 17.0 Å². The van der Waals surface area contributed by atoms with Crippen LogP contribution < -0.4 is 10.6 Å². The molecule has 2 amide bonds. The van der Waals surface area contributed by atoms with Crippen LogP contribution in [0.4, 0.5) is 4.79 Å². The van der Waals surface area contributed by atoms with Crippen LogP contribution in [0.2, 0.25) is 0 Å². The number of rotatable bonds is 5. The third-order valence-electron chi connectivity index (χ3n) is 4.31. The molecule has 21 heavy (non-hydrogen) atoms. The number of urea groups is 1. The summed E-state index contributed by atoms with van der Waals surface area (Å²) in [4.78, 5) is 12.0. The molecule has 118 valence electrons. The summed E-state index contributed by atoms with van der Waals surface area (Å²) in [7, 11) is 0. The lowest BCUT2D eigenvalue weighted by Crippen LogP contribution is -2.40. The number of amides is 2. The Morgan fingerprint density at radius 2 is 2.19 bits per heavy atom. The number of nitrogens with zero attached hydrogens (tertiary/aromatic N) is 2. The molecule has 2 N–H and O–H groups in total. The van der Waals surface area contributed by atoms with E-state index in [2.05, 4.69) is 35.8 Å². The molecule has 1 fully saturated rings. The Kier molecular flexibility index (Phi) is 5.56. The SMILES string of the molecule is CCn1nc(C)c(CNC(=O)N[C@H]2CC[C@H](SC)C2)c1C. The zero-order valence-electron chi connectivity index (χ0n) is 13.4. The van der Waals surface area contributed by atoms with Crippen molar-refractivity contribution >= 4 is 17.8 Å². The maximum atomic E-state index is 12.0. The van der Waals surface area contributed by atoms with Gasteiger partial charge in [0, 0.05) is 35.6 Å². The summed E-state index contributed by atoms with van der Waals surface area (Å²) >= 11 is 1.90. The van der Waals surface area contributed by atoms with Gasteiger partial charge in [-0.05, 0) is 46.3 Å². The molecule has 0 spiro atoms. The van der Waals surface area contributed by atoms with Crippen LogP contribution in [0.25, 0.3) is 0 Å². The number of aromatic nitrogens is 2. The van der Waals surface area contributed by atoms with Crippen LogP contribution in [-0.2, 0) is 13.1 Å². The first kappa shape index (κ1) is 16.2. The molecule has 6 heteroatoms. The quantitative estimate of drug-likeness (QED) is 0.879. The topological polar surface area (TPSA) is 59.0 Å². The summed E-state index contributed by atoms with van der Waals surface area (Å²) in [5.41, 5.74) is 3.26. The highest BCUT2D eigenvalue weighted by atomic mass is 32.2. The molecule has 1 aliphatic carbocycles. The number of hydrogen-bond acceptors (Lipinski definition) is 3. The van der Waals surface area contributed by atoms with Gasteiger partial charge in [0.2, 0.25) is 0 Å². The fourth-order valence-electron chi connectivity index (χ4n) is 2.99. The molecule has 1 aromatic rings. The summed E-state index contributed by atoms with van der Waals surface area (Å²) in [6, 6.07) is 0.257. The largest absolute Gasteiger partial charge is 0.335 e. The predicted octanol–water partition coefficient (Wildman–Crippen LogP) is 2.60. The minimum absolute atomic E-state index is 0.0650. The molecular formula is C15H26N4OS. The van der Waals surface area contributed by atoms with Gasteiger partial charge in [-0.25, -0.2) is 4.79 Å². The van der Waals surface area contributed by atoms with Crippen molar-refractivity contribution in [3.63, 3.8) is 0 Å². The Labute approximate surface area is 131 Å². The Bertz CT molecular complexity index is 500. The zero-order chi connectivity index (χ0) is 15.4. The van der Waals surface area contributed by atoms with Crippen LogP contribution in [-0.4, -0.2) is 33.4 Å². The second-order valence-electron chi connectivity index (χ2n) is 5.66. The van der Waals surface area contributed by atoms with E-state index < -0.39 is 0 Å². The minimum atomic E-state index is -0.0650. The van der Waals surface area contributed by atoms with E-state index in [9.17, 15) is 4.79 Å². The molecule has 1 saturated carbocycles. The first-order chi connectivity index (χ1) is 10.0. The summed E-state index contributed by atoms with van der Waals surface area (Å²) in [6.07, 6.45) is 5.52. The second kappa shape index (κ2) is 7.20. The lowest BCUT2D eigenvalue weighted by molar-refractivity contribution is 0.236. The van der Waals surface area contributed by atoms with Crippen molar-refractivity contribution in [2.75, 3.05) is 6.26 Å². The normalized spacial score (nSPS) is 21.5. The lowest BCUT2D eigenvalue weighted by atomic mass is 10.2. The van der Waals surface area contributed by atoms with E-state index in [1.54, 1.807) is 0 Å². The smallest absolute Gasteiger partial charge is 0.315 e. The average Bonchev–Trinajstić information content (AvgIpc) is 3.02. The Balaban J connectivity index is 1.83. The van der Waals surface area contributed by atoms with Crippen molar-refractivity contribution in [1.29, 1.82) is 0 Å². The number of carbonyl (C=O) groups excluding carboxylic acids is 1. The molecule has 1 heterocycles. The van der Waals surface area contributed by atoms with Crippen LogP contribution in [0.15, 0.2) is 0 Å². The second-order valence-corrected chi connectivity index (χ2v) is 6.80. The molecular weight excluding hydrogens is 284 g/mol. The molecule has 0 aliphatic heterocycles. The van der Waals surface area contributed by atoms with Gasteiger partial charge in [0.1, 0.15) is 0 Å². The van der Waals surface area contributed by atoms with Gasteiger partial charge >= 0.3 is 6.03 Å². The molecule has 0 bridgehead atoms. The highest BCUT2D eigenvalue weighted by Crippen LogP contribution is 2.28. The summed E-state index contributed by atoms with van der Waals surface area (Å²) in [6.45, 7) is 7.53. The molecule has 1 aliphatic rings.